The van der Waals surface area contributed by atoms with Crippen molar-refractivity contribution in [3.8, 4) is 12.1 Å². The fraction of sp³-hybridized carbons (Fsp3) is 0.433. The number of rotatable bonds is 8. The van der Waals surface area contributed by atoms with Crippen LogP contribution in [-0.4, -0.2) is 92.8 Å². The summed E-state index contributed by atoms with van der Waals surface area (Å²) in [5, 5.41) is 16.6. The number of nitrogens with one attached hydrogen (secondary N) is 2. The number of hydrogen-bond donors (Lipinski definition) is 2. The molecule has 6 rings (SSSR count). The Kier molecular flexibility index (Phi) is 7.89. The fourth-order valence-electron chi connectivity index (χ4n) is 6.27. The van der Waals surface area contributed by atoms with Crippen LogP contribution in [0.25, 0.3) is 21.9 Å². The number of halogens is 3. The number of hydrogen-bond acceptors (Lipinski definition) is 8. The van der Waals surface area contributed by atoms with Crippen molar-refractivity contribution in [2.75, 3.05) is 44.7 Å². The summed E-state index contributed by atoms with van der Waals surface area (Å²) >= 11 is 0. The molecule has 44 heavy (non-hydrogen) atoms. The quantitative estimate of drug-likeness (QED) is 0.287. The molecule has 2 N–H and O–H groups in total. The van der Waals surface area contributed by atoms with Crippen LogP contribution in [0.1, 0.15) is 36.0 Å². The summed E-state index contributed by atoms with van der Waals surface area (Å²) in [6.45, 7) is 6.00. The number of aromatic amines is 2. The Morgan fingerprint density at radius 3 is 2.82 bits per heavy atom. The number of nitrogens with zero attached hydrogens (tertiary/aromatic N) is 7. The van der Waals surface area contributed by atoms with Crippen LogP contribution in [0.15, 0.2) is 37.2 Å². The van der Waals surface area contributed by atoms with Gasteiger partial charge in [-0.1, -0.05) is 6.58 Å². The van der Waals surface area contributed by atoms with Gasteiger partial charge in [0.2, 0.25) is 5.91 Å². The predicted octanol–water partition coefficient (Wildman–Crippen LogP) is 4.03. The van der Waals surface area contributed by atoms with Crippen LogP contribution in [0.3, 0.4) is 0 Å². The molecule has 2 aliphatic heterocycles. The van der Waals surface area contributed by atoms with Gasteiger partial charge in [-0.2, -0.15) is 33.5 Å². The van der Waals surface area contributed by atoms with E-state index in [0.717, 1.165) is 25.5 Å². The second-order valence-corrected chi connectivity index (χ2v) is 11.3. The van der Waals surface area contributed by atoms with Crippen LogP contribution in [0.2, 0.25) is 0 Å². The standard InChI is InChI=1S/C30H32F3N9O2/c1-3-25(43)42-12-11-41(16-19(42)8-9-34)28-27-26(37-29(38-28)44-17-20-5-4-10-40(20)2)18(14-35-27)13-21-22-15-36-39-24(22)7-6-23(21)30(31,32)33/h3,6-7,14-15,19-20,35H,1,4-5,8,10-13,16-17H2,2H3,(H,36,39)/t19-,20-/m0/s1. The maximum absolute atomic E-state index is 14.1. The summed E-state index contributed by atoms with van der Waals surface area (Å²) in [6.07, 6.45) is 1.83. The number of nitriles is 1. The number of aromatic nitrogens is 5. The molecule has 2 fully saturated rings. The highest BCUT2D eigenvalue weighted by Crippen LogP contribution is 2.38. The average molecular weight is 608 g/mol. The van der Waals surface area contributed by atoms with E-state index < -0.39 is 17.8 Å². The van der Waals surface area contributed by atoms with E-state index in [-0.39, 0.29) is 36.4 Å². The van der Waals surface area contributed by atoms with Gasteiger partial charge in [0.05, 0.1) is 35.8 Å². The first kappa shape index (κ1) is 29.4. The highest BCUT2D eigenvalue weighted by Gasteiger charge is 2.35. The highest BCUT2D eigenvalue weighted by molar-refractivity contribution is 5.91. The lowest BCUT2D eigenvalue weighted by Gasteiger charge is -2.40. The van der Waals surface area contributed by atoms with Crippen LogP contribution in [0.4, 0.5) is 19.0 Å². The van der Waals surface area contributed by atoms with E-state index in [1.807, 2.05) is 11.9 Å². The number of carbonyl (C=O) groups is 1. The lowest BCUT2D eigenvalue weighted by molar-refractivity contribution is -0.138. The molecule has 14 heteroatoms. The molecular weight excluding hydrogens is 575 g/mol. The number of carbonyl (C=O) groups excluding carboxylic acids is 1. The SMILES string of the molecule is C=CC(=O)N1CCN(c2nc(OC[C@@H]3CCCN3C)nc3c(Cc4c(C(F)(F)F)ccc5[nH]ncc45)c[nH]c23)C[C@@H]1CC#N. The summed E-state index contributed by atoms with van der Waals surface area (Å²) < 4.78 is 48.5. The Hall–Kier alpha value is -4.64. The van der Waals surface area contributed by atoms with Crippen molar-refractivity contribution in [2.45, 2.75) is 43.9 Å². The Labute approximate surface area is 251 Å². The van der Waals surface area contributed by atoms with Crippen molar-refractivity contribution in [1.82, 2.24) is 34.9 Å². The molecule has 0 aliphatic carbocycles. The van der Waals surface area contributed by atoms with Gasteiger partial charge in [0.1, 0.15) is 17.6 Å². The number of anilines is 1. The predicted molar refractivity (Wildman–Crippen MR) is 157 cm³/mol. The maximum Gasteiger partial charge on any atom is 0.416 e. The maximum atomic E-state index is 14.1. The Balaban J connectivity index is 1.41. The fourth-order valence-corrected chi connectivity index (χ4v) is 6.27. The van der Waals surface area contributed by atoms with Crippen molar-refractivity contribution in [3.63, 3.8) is 0 Å². The zero-order chi connectivity index (χ0) is 31.0. The summed E-state index contributed by atoms with van der Waals surface area (Å²) in [5.74, 6) is 0.251. The molecule has 1 amide bonds. The van der Waals surface area contributed by atoms with E-state index in [0.29, 0.717) is 59.6 Å². The monoisotopic (exact) mass is 607 g/mol. The van der Waals surface area contributed by atoms with Crippen molar-refractivity contribution in [2.24, 2.45) is 0 Å². The minimum atomic E-state index is -4.56. The number of benzene rings is 1. The number of ether oxygens (including phenoxy) is 1. The van der Waals surface area contributed by atoms with Gasteiger partial charge in [0.15, 0.2) is 5.82 Å². The van der Waals surface area contributed by atoms with Crippen LogP contribution >= 0.6 is 0 Å². The lowest BCUT2D eigenvalue weighted by Crippen LogP contribution is -2.55. The second kappa shape index (κ2) is 11.8. The Bertz CT molecular complexity index is 1740. The first-order chi connectivity index (χ1) is 21.2. The number of likely N-dealkylation sites (tertiary alicyclic amines) is 1. The third-order valence-corrected chi connectivity index (χ3v) is 8.62. The van der Waals surface area contributed by atoms with Crippen LogP contribution in [-0.2, 0) is 17.4 Å². The third kappa shape index (κ3) is 5.55. The molecule has 1 aromatic carbocycles. The van der Waals surface area contributed by atoms with E-state index in [9.17, 15) is 23.2 Å². The molecule has 11 nitrogen and oxygen atoms in total. The summed E-state index contributed by atoms with van der Waals surface area (Å²) in [7, 11) is 2.04. The Morgan fingerprint density at radius 1 is 1.25 bits per heavy atom. The average Bonchev–Trinajstić information content (AvgIpc) is 3.75. The van der Waals surface area contributed by atoms with Crippen molar-refractivity contribution < 1.29 is 22.7 Å². The molecule has 230 valence electrons. The molecule has 2 aliphatic rings. The number of amides is 1. The van der Waals surface area contributed by atoms with Gasteiger partial charge < -0.3 is 24.4 Å². The summed E-state index contributed by atoms with van der Waals surface area (Å²) in [4.78, 5) is 30.9. The number of fused-ring (bicyclic) bond motifs is 2. The molecular formula is C30H32F3N9O2. The highest BCUT2D eigenvalue weighted by atomic mass is 19.4. The number of piperazine rings is 1. The molecule has 0 bridgehead atoms. The van der Waals surface area contributed by atoms with E-state index >= 15 is 0 Å². The topological polar surface area (TPSA) is 130 Å². The van der Waals surface area contributed by atoms with Crippen LogP contribution in [0, 0.1) is 11.3 Å². The van der Waals surface area contributed by atoms with Gasteiger partial charge in [0.25, 0.3) is 0 Å². The molecule has 3 aromatic heterocycles. The molecule has 4 aromatic rings. The first-order valence-electron chi connectivity index (χ1n) is 14.5. The lowest BCUT2D eigenvalue weighted by atomic mass is 9.97. The molecule has 5 heterocycles. The second-order valence-electron chi connectivity index (χ2n) is 11.3. The molecule has 2 atom stereocenters. The van der Waals surface area contributed by atoms with Crippen LogP contribution in [0.5, 0.6) is 6.01 Å². The minimum Gasteiger partial charge on any atom is -0.462 e. The number of likely N-dealkylation sites (N-methyl/N-ethyl adjacent to an activating group) is 1. The molecule has 0 unspecified atom stereocenters. The summed E-state index contributed by atoms with van der Waals surface area (Å²) in [5.41, 5.74) is 1.38. The van der Waals surface area contributed by atoms with Crippen LogP contribution < -0.4 is 9.64 Å². The Morgan fingerprint density at radius 2 is 2.09 bits per heavy atom. The number of H-pyrrole nitrogens is 2. The first-order valence-corrected chi connectivity index (χ1v) is 14.5. The van der Waals surface area contributed by atoms with Gasteiger partial charge in [0, 0.05) is 49.2 Å². The van der Waals surface area contributed by atoms with E-state index in [4.69, 9.17) is 14.7 Å². The van der Waals surface area contributed by atoms with Crippen molar-refractivity contribution in [3.05, 3.63) is 53.9 Å². The van der Waals surface area contributed by atoms with Gasteiger partial charge >= 0.3 is 12.2 Å². The smallest absolute Gasteiger partial charge is 0.416 e. The molecule has 2 saturated heterocycles. The summed E-state index contributed by atoms with van der Waals surface area (Å²) in [6, 6.07) is 4.52. The largest absolute Gasteiger partial charge is 0.462 e. The molecule has 0 spiro atoms. The van der Waals surface area contributed by atoms with E-state index in [1.54, 1.807) is 11.1 Å². The van der Waals surface area contributed by atoms with E-state index in [2.05, 4.69) is 32.7 Å². The number of alkyl halides is 3. The van der Waals surface area contributed by atoms with Crippen molar-refractivity contribution >= 4 is 33.7 Å². The van der Waals surface area contributed by atoms with Gasteiger partial charge in [-0.3, -0.25) is 9.89 Å². The molecule has 0 radical (unpaired) electrons. The van der Waals surface area contributed by atoms with Gasteiger partial charge in [-0.05, 0) is 50.2 Å². The van der Waals surface area contributed by atoms with Gasteiger partial charge in [-0.25, -0.2) is 0 Å². The zero-order valence-electron chi connectivity index (χ0n) is 24.2. The van der Waals surface area contributed by atoms with Crippen molar-refractivity contribution in [1.29, 1.82) is 5.26 Å². The molecule has 0 saturated carbocycles. The third-order valence-electron chi connectivity index (χ3n) is 8.62. The van der Waals surface area contributed by atoms with E-state index in [1.165, 1.54) is 18.3 Å². The zero-order valence-corrected chi connectivity index (χ0v) is 24.2. The minimum absolute atomic E-state index is 0.0638. The normalized spacial score (nSPS) is 19.5. The van der Waals surface area contributed by atoms with Gasteiger partial charge in [-0.15, -0.1) is 0 Å².